The van der Waals surface area contributed by atoms with E-state index >= 15 is 0 Å². The molecule has 0 spiro atoms. The van der Waals surface area contributed by atoms with Crippen LogP contribution >= 0.6 is 11.3 Å². The Morgan fingerprint density at radius 1 is 1.20 bits per heavy atom. The van der Waals surface area contributed by atoms with Gasteiger partial charge < -0.3 is 15.7 Å². The van der Waals surface area contributed by atoms with Gasteiger partial charge in [0.05, 0.1) is 6.54 Å². The van der Waals surface area contributed by atoms with E-state index in [4.69, 9.17) is 5.11 Å². The van der Waals surface area contributed by atoms with E-state index in [1.54, 1.807) is 0 Å². The third-order valence-electron chi connectivity index (χ3n) is 4.94. The summed E-state index contributed by atoms with van der Waals surface area (Å²) in [7, 11) is 0. The van der Waals surface area contributed by atoms with Gasteiger partial charge in [-0.1, -0.05) is 11.3 Å². The Bertz CT molecular complexity index is 594. The predicted octanol–water partition coefficient (Wildman–Crippen LogP) is 0.531. The van der Waals surface area contributed by atoms with Gasteiger partial charge in [0, 0.05) is 12.5 Å². The summed E-state index contributed by atoms with van der Waals surface area (Å²) in [6.45, 7) is 4.24. The SMILES string of the molecule is O=C(O)CN1CCC(CNC(=O)c2nnc(C3CCNCC3)s2)CC1. The van der Waals surface area contributed by atoms with Gasteiger partial charge in [-0.3, -0.25) is 14.5 Å². The van der Waals surface area contributed by atoms with Crippen molar-refractivity contribution in [3.05, 3.63) is 10.0 Å². The van der Waals surface area contributed by atoms with Gasteiger partial charge in [-0.15, -0.1) is 10.2 Å². The lowest BCUT2D eigenvalue weighted by Crippen LogP contribution is -2.40. The van der Waals surface area contributed by atoms with Crippen LogP contribution < -0.4 is 10.6 Å². The van der Waals surface area contributed by atoms with E-state index in [-0.39, 0.29) is 12.5 Å². The Labute approximate surface area is 151 Å². The Morgan fingerprint density at radius 3 is 2.60 bits per heavy atom. The summed E-state index contributed by atoms with van der Waals surface area (Å²) in [5.41, 5.74) is 0. The first-order valence-corrected chi connectivity index (χ1v) is 9.70. The highest BCUT2D eigenvalue weighted by atomic mass is 32.1. The largest absolute Gasteiger partial charge is 0.480 e. The number of amides is 1. The summed E-state index contributed by atoms with van der Waals surface area (Å²) >= 11 is 1.41. The van der Waals surface area contributed by atoms with E-state index < -0.39 is 5.97 Å². The molecule has 3 N–H and O–H groups in total. The minimum absolute atomic E-state index is 0.101. The third-order valence-corrected chi connectivity index (χ3v) is 6.03. The predicted molar refractivity (Wildman–Crippen MR) is 93.9 cm³/mol. The molecular weight excluding hydrogens is 342 g/mol. The molecule has 1 aromatic rings. The zero-order valence-electron chi connectivity index (χ0n) is 14.2. The maximum Gasteiger partial charge on any atom is 0.317 e. The smallest absolute Gasteiger partial charge is 0.317 e. The lowest BCUT2D eigenvalue weighted by Gasteiger charge is -2.30. The Hall–Kier alpha value is -1.58. The van der Waals surface area contributed by atoms with E-state index in [2.05, 4.69) is 20.8 Å². The minimum atomic E-state index is -0.785. The highest BCUT2D eigenvalue weighted by molar-refractivity contribution is 7.13. The number of carbonyl (C=O) groups excluding carboxylic acids is 1. The summed E-state index contributed by atoms with van der Waals surface area (Å²) in [5, 5.41) is 24.8. The van der Waals surface area contributed by atoms with Gasteiger partial charge in [-0.2, -0.15) is 0 Å². The van der Waals surface area contributed by atoms with Crippen molar-refractivity contribution in [2.75, 3.05) is 39.3 Å². The lowest BCUT2D eigenvalue weighted by atomic mass is 9.97. The summed E-state index contributed by atoms with van der Waals surface area (Å²) in [4.78, 5) is 25.0. The Balaban J connectivity index is 1.42. The number of piperidine rings is 2. The molecule has 8 nitrogen and oxygen atoms in total. The lowest BCUT2D eigenvalue weighted by molar-refractivity contribution is -0.138. The molecule has 138 valence electrons. The molecule has 3 heterocycles. The van der Waals surface area contributed by atoms with Crippen LogP contribution in [-0.4, -0.2) is 71.3 Å². The van der Waals surface area contributed by atoms with Gasteiger partial charge in [0.2, 0.25) is 5.01 Å². The molecule has 0 unspecified atom stereocenters. The minimum Gasteiger partial charge on any atom is -0.480 e. The van der Waals surface area contributed by atoms with Crippen LogP contribution in [0.5, 0.6) is 0 Å². The number of hydrogen-bond donors (Lipinski definition) is 3. The van der Waals surface area contributed by atoms with Crippen molar-refractivity contribution in [3.8, 4) is 0 Å². The Kier molecular flexibility index (Phi) is 6.33. The number of rotatable bonds is 6. The standard InChI is InChI=1S/C16H25N5O3S/c22-13(23)10-21-7-3-11(4-8-21)9-18-14(24)16-20-19-15(25-16)12-1-5-17-6-2-12/h11-12,17H,1-10H2,(H,18,24)(H,22,23). The number of likely N-dealkylation sites (tertiary alicyclic amines) is 1. The number of aromatic nitrogens is 2. The molecule has 0 saturated carbocycles. The maximum atomic E-state index is 12.3. The second-order valence-corrected chi connectivity index (χ2v) is 7.80. The molecule has 2 aliphatic heterocycles. The summed E-state index contributed by atoms with van der Waals surface area (Å²) in [6.07, 6.45) is 3.91. The van der Waals surface area contributed by atoms with Gasteiger partial charge in [0.15, 0.2) is 0 Å². The average Bonchev–Trinajstić information content (AvgIpc) is 3.11. The second-order valence-electron chi connectivity index (χ2n) is 6.79. The molecule has 0 bridgehead atoms. The fourth-order valence-corrected chi connectivity index (χ4v) is 4.34. The number of nitrogens with zero attached hydrogens (tertiary/aromatic N) is 3. The molecular formula is C16H25N5O3S. The number of carbonyl (C=O) groups is 2. The van der Waals surface area contributed by atoms with Crippen molar-refractivity contribution in [1.82, 2.24) is 25.7 Å². The molecule has 0 aliphatic carbocycles. The average molecular weight is 367 g/mol. The van der Waals surface area contributed by atoms with Crippen molar-refractivity contribution in [2.24, 2.45) is 5.92 Å². The normalized spacial score (nSPS) is 20.5. The van der Waals surface area contributed by atoms with Crippen LogP contribution in [0.15, 0.2) is 0 Å². The monoisotopic (exact) mass is 367 g/mol. The van der Waals surface area contributed by atoms with Crippen LogP contribution in [0, 0.1) is 5.92 Å². The van der Waals surface area contributed by atoms with Gasteiger partial charge in [0.25, 0.3) is 5.91 Å². The zero-order valence-corrected chi connectivity index (χ0v) is 15.1. The molecule has 2 aliphatic rings. The van der Waals surface area contributed by atoms with Gasteiger partial charge >= 0.3 is 5.97 Å². The second kappa shape index (κ2) is 8.68. The molecule has 2 fully saturated rings. The molecule has 3 rings (SSSR count). The quantitative estimate of drug-likeness (QED) is 0.673. The van der Waals surface area contributed by atoms with Crippen molar-refractivity contribution in [1.29, 1.82) is 0 Å². The molecule has 1 amide bonds. The van der Waals surface area contributed by atoms with Gasteiger partial charge in [-0.05, 0) is 57.8 Å². The van der Waals surface area contributed by atoms with Crippen molar-refractivity contribution < 1.29 is 14.7 Å². The topological polar surface area (TPSA) is 107 Å². The Morgan fingerprint density at radius 2 is 1.92 bits per heavy atom. The molecule has 1 aromatic heterocycles. The van der Waals surface area contributed by atoms with Crippen LogP contribution in [0.1, 0.15) is 46.4 Å². The summed E-state index contributed by atoms with van der Waals surface area (Å²) in [5.74, 6) is -0.122. The number of carboxylic acids is 1. The molecule has 0 radical (unpaired) electrons. The first-order chi connectivity index (χ1) is 12.1. The van der Waals surface area contributed by atoms with E-state index in [9.17, 15) is 9.59 Å². The molecule has 25 heavy (non-hydrogen) atoms. The zero-order chi connectivity index (χ0) is 17.6. The molecule has 2 saturated heterocycles. The first kappa shape index (κ1) is 18.2. The molecule has 0 aromatic carbocycles. The van der Waals surface area contributed by atoms with Gasteiger partial charge in [0.1, 0.15) is 5.01 Å². The summed E-state index contributed by atoms with van der Waals surface area (Å²) in [6, 6.07) is 0. The number of nitrogens with one attached hydrogen (secondary N) is 2. The highest BCUT2D eigenvalue weighted by Gasteiger charge is 2.24. The van der Waals surface area contributed by atoms with Crippen LogP contribution in [0.4, 0.5) is 0 Å². The van der Waals surface area contributed by atoms with E-state index in [0.29, 0.717) is 23.4 Å². The van der Waals surface area contributed by atoms with Crippen molar-refractivity contribution >= 4 is 23.2 Å². The fraction of sp³-hybridized carbons (Fsp3) is 0.750. The summed E-state index contributed by atoms with van der Waals surface area (Å²) < 4.78 is 0. The molecule has 9 heteroatoms. The van der Waals surface area contributed by atoms with Crippen LogP contribution in [0.2, 0.25) is 0 Å². The van der Waals surface area contributed by atoms with Gasteiger partial charge in [-0.25, -0.2) is 0 Å². The van der Waals surface area contributed by atoms with E-state index in [1.807, 2.05) is 4.90 Å². The van der Waals surface area contributed by atoms with Crippen molar-refractivity contribution in [2.45, 2.75) is 31.6 Å². The highest BCUT2D eigenvalue weighted by Crippen LogP contribution is 2.27. The van der Waals surface area contributed by atoms with Crippen LogP contribution in [0.25, 0.3) is 0 Å². The number of hydrogen-bond acceptors (Lipinski definition) is 7. The van der Waals surface area contributed by atoms with Crippen molar-refractivity contribution in [3.63, 3.8) is 0 Å². The number of aliphatic carboxylic acids is 1. The third kappa shape index (κ3) is 5.20. The molecule has 0 atom stereocenters. The fourth-order valence-electron chi connectivity index (χ4n) is 3.41. The maximum absolute atomic E-state index is 12.3. The van der Waals surface area contributed by atoms with E-state index in [1.165, 1.54) is 11.3 Å². The van der Waals surface area contributed by atoms with Crippen LogP contribution in [0.3, 0.4) is 0 Å². The van der Waals surface area contributed by atoms with E-state index in [0.717, 1.165) is 56.9 Å². The van der Waals surface area contributed by atoms with Crippen LogP contribution in [-0.2, 0) is 4.79 Å². The first-order valence-electron chi connectivity index (χ1n) is 8.88. The number of carboxylic acid groups (broad SMARTS) is 1.